The van der Waals surface area contributed by atoms with Gasteiger partial charge in [0.05, 0.1) is 0 Å². The molecular weight excluding hydrogens is 336 g/mol. The third kappa shape index (κ3) is 5.17. The molecule has 0 spiro atoms. The third-order valence-electron chi connectivity index (χ3n) is 4.03. The van der Waals surface area contributed by atoms with E-state index < -0.39 is 10.1 Å². The molecule has 23 heavy (non-hydrogen) atoms. The normalized spacial score (nSPS) is 11.4. The van der Waals surface area contributed by atoms with Gasteiger partial charge < -0.3 is 0 Å². The van der Waals surface area contributed by atoms with Gasteiger partial charge in [-0.3, -0.25) is 4.55 Å². The van der Waals surface area contributed by atoms with Gasteiger partial charge in [0.2, 0.25) is 0 Å². The average Bonchev–Trinajstić information content (AvgIpc) is 2.48. The van der Waals surface area contributed by atoms with Crippen LogP contribution in [0.3, 0.4) is 0 Å². The van der Waals surface area contributed by atoms with Crippen molar-refractivity contribution in [3.05, 3.63) is 41.5 Å². The number of unbranched alkanes of at least 4 members (excludes halogenated alkanes) is 2. The van der Waals surface area contributed by atoms with Crippen molar-refractivity contribution < 1.29 is 13.0 Å². The molecule has 0 aliphatic rings. The molecule has 3 nitrogen and oxygen atoms in total. The van der Waals surface area contributed by atoms with Gasteiger partial charge in [-0.15, -0.1) is 0 Å². The van der Waals surface area contributed by atoms with E-state index in [2.05, 4.69) is 19.9 Å². The second kappa shape index (κ2) is 9.38. The summed E-state index contributed by atoms with van der Waals surface area (Å²) in [6.07, 6.45) is 5.52. The van der Waals surface area contributed by atoms with Crippen LogP contribution in [-0.4, -0.2) is 50.7 Å². The molecule has 1 N–H and O–H groups in total. The summed E-state index contributed by atoms with van der Waals surface area (Å²) in [5.74, 6) is 0. The zero-order valence-corrected chi connectivity index (χ0v) is 14.1. The zero-order valence-electron chi connectivity index (χ0n) is 13.3. The molecular formula is C18H26CaO3S. The van der Waals surface area contributed by atoms with Crippen LogP contribution in [-0.2, 0) is 23.0 Å². The maximum atomic E-state index is 12.0. The Bertz CT molecular complexity index is 754. The molecule has 0 fully saturated rings. The average molecular weight is 363 g/mol. The molecule has 0 radical (unpaired) electrons. The van der Waals surface area contributed by atoms with Gasteiger partial charge in [-0.25, -0.2) is 0 Å². The van der Waals surface area contributed by atoms with E-state index in [1.54, 1.807) is 6.07 Å². The van der Waals surface area contributed by atoms with Crippen molar-refractivity contribution in [1.82, 2.24) is 0 Å². The molecule has 0 aliphatic heterocycles. The molecule has 0 atom stereocenters. The van der Waals surface area contributed by atoms with Gasteiger partial charge in [-0.1, -0.05) is 57.0 Å². The van der Waals surface area contributed by atoms with E-state index in [4.69, 9.17) is 0 Å². The van der Waals surface area contributed by atoms with Gasteiger partial charge in [0.1, 0.15) is 4.90 Å². The Morgan fingerprint density at radius 3 is 2.22 bits per heavy atom. The molecule has 0 saturated carbocycles. The fraction of sp³-hybridized carbons (Fsp3) is 0.444. The van der Waals surface area contributed by atoms with Crippen molar-refractivity contribution in [1.29, 1.82) is 0 Å². The SMILES string of the molecule is CCCCc1cc2ccccc2c(S(=O)(=O)O)c1CCCC.[CaH2]. The Morgan fingerprint density at radius 1 is 1.00 bits per heavy atom. The van der Waals surface area contributed by atoms with Gasteiger partial charge in [-0.05, 0) is 42.2 Å². The second-order valence-electron chi connectivity index (χ2n) is 5.75. The minimum absolute atomic E-state index is 0. The van der Waals surface area contributed by atoms with Crippen molar-refractivity contribution in [2.45, 2.75) is 57.3 Å². The van der Waals surface area contributed by atoms with Crippen LogP contribution in [0.5, 0.6) is 0 Å². The van der Waals surface area contributed by atoms with E-state index in [1.165, 1.54) is 0 Å². The Balaban J connectivity index is 0.00000264. The Labute approximate surface area is 169 Å². The fourth-order valence-corrected chi connectivity index (χ4v) is 3.93. The van der Waals surface area contributed by atoms with Crippen LogP contribution < -0.4 is 0 Å². The summed E-state index contributed by atoms with van der Waals surface area (Å²) in [7, 11) is -4.24. The van der Waals surface area contributed by atoms with Gasteiger partial charge >= 0.3 is 37.7 Å². The van der Waals surface area contributed by atoms with E-state index in [9.17, 15) is 13.0 Å². The van der Waals surface area contributed by atoms with Crippen LogP contribution in [0.1, 0.15) is 50.7 Å². The van der Waals surface area contributed by atoms with Crippen LogP contribution in [0.4, 0.5) is 0 Å². The molecule has 5 heteroatoms. The summed E-state index contributed by atoms with van der Waals surface area (Å²) in [5, 5.41) is 1.50. The van der Waals surface area contributed by atoms with Crippen molar-refractivity contribution in [2.24, 2.45) is 0 Å². The van der Waals surface area contributed by atoms with E-state index >= 15 is 0 Å². The maximum absolute atomic E-state index is 12.0. The summed E-state index contributed by atoms with van der Waals surface area (Å²) < 4.78 is 33.8. The molecule has 2 aromatic carbocycles. The van der Waals surface area contributed by atoms with Crippen LogP contribution >= 0.6 is 0 Å². The van der Waals surface area contributed by atoms with Gasteiger partial charge in [-0.2, -0.15) is 8.42 Å². The summed E-state index contributed by atoms with van der Waals surface area (Å²) in [5.41, 5.74) is 1.86. The van der Waals surface area contributed by atoms with Crippen LogP contribution in [0.15, 0.2) is 35.2 Å². The molecule has 0 unspecified atom stereocenters. The number of aryl methyl sites for hydroxylation is 1. The fourth-order valence-electron chi connectivity index (χ4n) is 2.93. The molecule has 0 saturated heterocycles. The van der Waals surface area contributed by atoms with Crippen LogP contribution in [0.2, 0.25) is 0 Å². The van der Waals surface area contributed by atoms with Crippen molar-refractivity contribution in [3.8, 4) is 0 Å². The molecule has 2 rings (SSSR count). The Kier molecular flexibility index (Phi) is 8.53. The summed E-state index contributed by atoms with van der Waals surface area (Å²) in [4.78, 5) is 0.116. The van der Waals surface area contributed by atoms with E-state index in [0.717, 1.165) is 48.6 Å². The first-order chi connectivity index (χ1) is 10.5. The minimum atomic E-state index is -4.24. The first-order valence-electron chi connectivity index (χ1n) is 8.00. The van der Waals surface area contributed by atoms with Crippen LogP contribution in [0.25, 0.3) is 10.8 Å². The van der Waals surface area contributed by atoms with Crippen molar-refractivity contribution in [2.75, 3.05) is 0 Å². The first kappa shape index (κ1) is 20.9. The molecule has 0 aliphatic carbocycles. The van der Waals surface area contributed by atoms with Crippen molar-refractivity contribution >= 4 is 58.6 Å². The van der Waals surface area contributed by atoms with E-state index in [0.29, 0.717) is 11.8 Å². The predicted octanol–water partition coefficient (Wildman–Crippen LogP) is 3.86. The molecule has 0 aromatic heterocycles. The summed E-state index contributed by atoms with van der Waals surface area (Å²) >= 11 is 0. The standard InChI is InChI=1S/C18H24O3S.Ca.2H/c1-3-5-9-14-13-15-10-7-8-12-17(15)18(22(19,20)21)16(14)11-6-4-2;;;/h7-8,10,12-13H,3-6,9,11H2,1-2H3,(H,19,20,21);;;. The number of fused-ring (bicyclic) bond motifs is 1. The van der Waals surface area contributed by atoms with Gasteiger partial charge in [0.25, 0.3) is 10.1 Å². The third-order valence-corrected chi connectivity index (χ3v) is 5.02. The first-order valence-corrected chi connectivity index (χ1v) is 9.44. The number of hydrogen-bond acceptors (Lipinski definition) is 2. The second-order valence-corrected chi connectivity index (χ2v) is 7.11. The molecule has 0 heterocycles. The molecule has 0 amide bonds. The summed E-state index contributed by atoms with van der Waals surface area (Å²) in [6.45, 7) is 4.20. The Morgan fingerprint density at radius 2 is 1.61 bits per heavy atom. The number of rotatable bonds is 7. The molecule has 0 bridgehead atoms. The predicted molar refractivity (Wildman–Crippen MR) is 99.5 cm³/mol. The monoisotopic (exact) mass is 362 g/mol. The van der Waals surface area contributed by atoms with E-state index in [1.807, 2.05) is 18.2 Å². The van der Waals surface area contributed by atoms with E-state index in [-0.39, 0.29) is 42.6 Å². The molecule has 2 aromatic rings. The summed E-state index contributed by atoms with van der Waals surface area (Å²) in [6, 6.07) is 9.48. The van der Waals surface area contributed by atoms with Crippen molar-refractivity contribution in [3.63, 3.8) is 0 Å². The Hall–Kier alpha value is -0.130. The number of benzene rings is 2. The van der Waals surface area contributed by atoms with Gasteiger partial charge in [0, 0.05) is 5.39 Å². The molecule has 124 valence electrons. The zero-order chi connectivity index (χ0) is 16.2. The van der Waals surface area contributed by atoms with Gasteiger partial charge in [0.15, 0.2) is 0 Å². The number of hydrogen-bond donors (Lipinski definition) is 1. The quantitative estimate of drug-likeness (QED) is 0.601. The van der Waals surface area contributed by atoms with Crippen LogP contribution in [0, 0.1) is 0 Å². The topological polar surface area (TPSA) is 54.4 Å².